The number of carbonyl (C=O) groups excluding carboxylic acids is 2. The minimum atomic E-state index is -3.56. The first kappa shape index (κ1) is 28.9. The van der Waals surface area contributed by atoms with Crippen molar-refractivity contribution in [3.8, 4) is 0 Å². The number of hydrogen-bond donors (Lipinski definition) is 1. The molecule has 0 fully saturated rings. The fraction of sp³-hybridized carbons (Fsp3) is 0.440. The number of sulfonamides is 1. The average molecular weight is 543 g/mol. The molecule has 0 saturated heterocycles. The number of rotatable bonds is 12. The highest BCUT2D eigenvalue weighted by Gasteiger charge is 2.27. The molecule has 0 saturated carbocycles. The number of nitrogens with zero attached hydrogens (tertiary/aromatic N) is 2. The third-order valence-corrected chi connectivity index (χ3v) is 7.36. The lowest BCUT2D eigenvalue weighted by Crippen LogP contribution is -2.49. The number of carbonyl (C=O) groups is 2. The molecule has 10 heteroatoms. The maximum absolute atomic E-state index is 13.3. The van der Waals surface area contributed by atoms with Crippen LogP contribution in [0.1, 0.15) is 45.6 Å². The molecule has 2 aromatic rings. The summed E-state index contributed by atoms with van der Waals surface area (Å²) in [5.41, 5.74) is 1.27. The predicted molar refractivity (Wildman–Crippen MR) is 142 cm³/mol. The first-order chi connectivity index (χ1) is 16.4. The van der Waals surface area contributed by atoms with Crippen molar-refractivity contribution >= 4 is 50.7 Å². The maximum Gasteiger partial charge on any atom is 0.242 e. The van der Waals surface area contributed by atoms with Crippen molar-refractivity contribution in [2.75, 3.05) is 17.1 Å². The van der Waals surface area contributed by atoms with Crippen molar-refractivity contribution in [2.24, 2.45) is 0 Å². The highest BCUT2D eigenvalue weighted by molar-refractivity contribution is 7.92. The van der Waals surface area contributed by atoms with E-state index in [-0.39, 0.29) is 43.8 Å². The summed E-state index contributed by atoms with van der Waals surface area (Å²) >= 11 is 12.0. The minimum absolute atomic E-state index is 0.0178. The third kappa shape index (κ3) is 9.02. The van der Waals surface area contributed by atoms with Gasteiger partial charge < -0.3 is 10.2 Å². The Kier molecular flexibility index (Phi) is 10.9. The smallest absolute Gasteiger partial charge is 0.242 e. The van der Waals surface area contributed by atoms with Crippen molar-refractivity contribution in [3.63, 3.8) is 0 Å². The number of amides is 2. The van der Waals surface area contributed by atoms with Crippen LogP contribution in [0, 0.1) is 0 Å². The van der Waals surface area contributed by atoms with Gasteiger partial charge in [-0.1, -0.05) is 42.3 Å². The lowest BCUT2D eigenvalue weighted by molar-refractivity contribution is -0.140. The molecule has 0 unspecified atom stereocenters. The molecule has 2 atom stereocenters. The zero-order valence-electron chi connectivity index (χ0n) is 20.5. The molecule has 0 radical (unpaired) electrons. The monoisotopic (exact) mass is 541 g/mol. The van der Waals surface area contributed by atoms with Gasteiger partial charge in [-0.2, -0.15) is 0 Å². The van der Waals surface area contributed by atoms with Gasteiger partial charge in [-0.25, -0.2) is 8.42 Å². The van der Waals surface area contributed by atoms with E-state index in [9.17, 15) is 18.0 Å². The summed E-state index contributed by atoms with van der Waals surface area (Å²) in [7, 11) is -3.56. The maximum atomic E-state index is 13.3. The molecule has 2 aromatic carbocycles. The Morgan fingerprint density at radius 2 is 1.69 bits per heavy atom. The van der Waals surface area contributed by atoms with Crippen LogP contribution in [0.2, 0.25) is 10.0 Å². The van der Waals surface area contributed by atoms with Crippen molar-refractivity contribution in [1.29, 1.82) is 0 Å². The Labute approximate surface area is 218 Å². The van der Waals surface area contributed by atoms with Crippen LogP contribution < -0.4 is 9.62 Å². The molecule has 0 aliphatic heterocycles. The normalized spacial score (nSPS) is 13.1. The first-order valence-corrected chi connectivity index (χ1v) is 14.1. The van der Waals surface area contributed by atoms with Gasteiger partial charge in [-0.3, -0.25) is 13.9 Å². The molecule has 7 nitrogen and oxygen atoms in total. The van der Waals surface area contributed by atoms with Gasteiger partial charge in [-0.05, 0) is 68.7 Å². The third-order valence-electron chi connectivity index (χ3n) is 5.68. The van der Waals surface area contributed by atoms with Gasteiger partial charge in [0.15, 0.2) is 0 Å². The highest BCUT2D eigenvalue weighted by Crippen LogP contribution is 2.22. The zero-order valence-corrected chi connectivity index (χ0v) is 22.8. The highest BCUT2D eigenvalue weighted by atomic mass is 35.5. The molecule has 2 rings (SSSR count). The van der Waals surface area contributed by atoms with Crippen molar-refractivity contribution < 1.29 is 18.0 Å². The van der Waals surface area contributed by atoms with E-state index in [1.54, 1.807) is 49.4 Å². The van der Waals surface area contributed by atoms with Gasteiger partial charge in [-0.15, -0.1) is 0 Å². The van der Waals surface area contributed by atoms with Gasteiger partial charge >= 0.3 is 0 Å². The second-order valence-corrected chi connectivity index (χ2v) is 11.3. The molecule has 0 spiro atoms. The fourth-order valence-corrected chi connectivity index (χ4v) is 4.80. The van der Waals surface area contributed by atoms with Crippen LogP contribution in [-0.2, 0) is 26.2 Å². The predicted octanol–water partition coefficient (Wildman–Crippen LogP) is 4.87. The summed E-state index contributed by atoms with van der Waals surface area (Å²) in [4.78, 5) is 27.6. The molecule has 1 N–H and O–H groups in total. The quantitative estimate of drug-likeness (QED) is 0.415. The zero-order chi connectivity index (χ0) is 26.2. The van der Waals surface area contributed by atoms with E-state index in [0.29, 0.717) is 15.7 Å². The number of anilines is 1. The number of benzene rings is 2. The Morgan fingerprint density at radius 1 is 1.03 bits per heavy atom. The van der Waals surface area contributed by atoms with E-state index in [4.69, 9.17) is 23.2 Å². The topological polar surface area (TPSA) is 86.8 Å². The van der Waals surface area contributed by atoms with Gasteiger partial charge in [0.1, 0.15) is 6.04 Å². The fourth-order valence-electron chi connectivity index (χ4n) is 3.49. The lowest BCUT2D eigenvalue weighted by atomic mass is 10.1. The van der Waals surface area contributed by atoms with Crippen LogP contribution in [-0.4, -0.2) is 50.0 Å². The number of nitrogens with one attached hydrogen (secondary N) is 1. The largest absolute Gasteiger partial charge is 0.352 e. The van der Waals surface area contributed by atoms with E-state index < -0.39 is 16.1 Å². The standard InChI is InChI=1S/C25H33Cl2N3O4S/c1-5-18(2)28-25(32)19(3)29(17-20-8-6-9-22(27)16-20)24(31)10-7-15-30(35(4,33)34)23-13-11-21(26)12-14-23/h6,8-9,11-14,16,18-19H,5,7,10,15,17H2,1-4H3,(H,28,32)/t18-,19-/m1/s1. The van der Waals surface area contributed by atoms with E-state index in [0.717, 1.165) is 18.2 Å². The van der Waals surface area contributed by atoms with E-state index in [2.05, 4.69) is 5.32 Å². The van der Waals surface area contributed by atoms with Crippen LogP contribution in [0.15, 0.2) is 48.5 Å². The van der Waals surface area contributed by atoms with Gasteiger partial charge in [0.25, 0.3) is 0 Å². The Morgan fingerprint density at radius 3 is 2.26 bits per heavy atom. The van der Waals surface area contributed by atoms with Crippen molar-refractivity contribution in [2.45, 2.75) is 58.7 Å². The molecule has 0 aliphatic carbocycles. The minimum Gasteiger partial charge on any atom is -0.352 e. The number of hydrogen-bond acceptors (Lipinski definition) is 4. The van der Waals surface area contributed by atoms with E-state index in [1.807, 2.05) is 19.9 Å². The summed E-state index contributed by atoms with van der Waals surface area (Å²) in [6.45, 7) is 5.89. The summed E-state index contributed by atoms with van der Waals surface area (Å²) in [6, 6.07) is 12.9. The lowest BCUT2D eigenvalue weighted by Gasteiger charge is -2.30. The summed E-state index contributed by atoms with van der Waals surface area (Å²) in [5.74, 6) is -0.491. The molecule has 2 amide bonds. The van der Waals surface area contributed by atoms with Crippen LogP contribution in [0.3, 0.4) is 0 Å². The number of halogens is 2. The Hall–Kier alpha value is -2.29. The molecule has 192 valence electrons. The average Bonchev–Trinajstić information content (AvgIpc) is 2.79. The molecule has 0 aliphatic rings. The molecule has 0 heterocycles. The summed E-state index contributed by atoms with van der Waals surface area (Å²) < 4.78 is 26.0. The van der Waals surface area contributed by atoms with Gasteiger partial charge in [0.2, 0.25) is 21.8 Å². The molecule has 35 heavy (non-hydrogen) atoms. The molecule has 0 bridgehead atoms. The van der Waals surface area contributed by atoms with E-state index in [1.165, 1.54) is 9.21 Å². The SMILES string of the molecule is CC[C@@H](C)NC(=O)[C@@H](C)N(Cc1cccc(Cl)c1)C(=O)CCCN(c1ccc(Cl)cc1)S(C)(=O)=O. The van der Waals surface area contributed by atoms with Gasteiger partial charge in [0, 0.05) is 35.6 Å². The second-order valence-electron chi connectivity index (χ2n) is 8.56. The first-order valence-electron chi connectivity index (χ1n) is 11.5. The van der Waals surface area contributed by atoms with Crippen molar-refractivity contribution in [1.82, 2.24) is 10.2 Å². The molecule has 0 aromatic heterocycles. The van der Waals surface area contributed by atoms with Crippen LogP contribution >= 0.6 is 23.2 Å². The van der Waals surface area contributed by atoms with Crippen LogP contribution in [0.25, 0.3) is 0 Å². The Bertz CT molecular complexity index is 1110. The molecular weight excluding hydrogens is 509 g/mol. The summed E-state index contributed by atoms with van der Waals surface area (Å²) in [6.07, 6.45) is 2.24. The second kappa shape index (κ2) is 13.1. The van der Waals surface area contributed by atoms with Crippen LogP contribution in [0.4, 0.5) is 5.69 Å². The van der Waals surface area contributed by atoms with Crippen molar-refractivity contribution in [3.05, 3.63) is 64.1 Å². The van der Waals surface area contributed by atoms with Gasteiger partial charge in [0.05, 0.1) is 11.9 Å². The summed E-state index contributed by atoms with van der Waals surface area (Å²) in [5, 5.41) is 3.96. The van der Waals surface area contributed by atoms with Crippen LogP contribution in [0.5, 0.6) is 0 Å². The van der Waals surface area contributed by atoms with E-state index >= 15 is 0 Å². The molecular formula is C25H33Cl2N3O4S. The Balaban J connectivity index is 2.16.